The predicted octanol–water partition coefficient (Wildman–Crippen LogP) is -0.610. The number of aliphatic imine (C=N–C) groups is 1. The van der Waals surface area contributed by atoms with Crippen LogP contribution in [0.15, 0.2) is 4.99 Å². The van der Waals surface area contributed by atoms with Crippen LogP contribution in [0.3, 0.4) is 0 Å². The lowest BCUT2D eigenvalue weighted by Crippen LogP contribution is -2.41. The summed E-state index contributed by atoms with van der Waals surface area (Å²) >= 11 is 0. The summed E-state index contributed by atoms with van der Waals surface area (Å²) in [6, 6.07) is -0.331. The average molecular weight is 422 g/mol. The number of nitrogens with two attached hydrogens (primary N) is 3. The van der Waals surface area contributed by atoms with E-state index >= 15 is 0 Å². The molecule has 1 amide bonds. The number of rotatable bonds is 17. The van der Waals surface area contributed by atoms with Gasteiger partial charge in [-0.15, -0.1) is 0 Å². The second kappa shape index (κ2) is 15.7. The molecule has 8 N–H and O–H groups in total. The third kappa shape index (κ3) is 16.6. The molecule has 2 unspecified atom stereocenters. The Hall–Kier alpha value is -1.30. The van der Waals surface area contributed by atoms with E-state index in [-0.39, 0.29) is 41.7 Å². The predicted molar refractivity (Wildman–Crippen MR) is 114 cm³/mol. The van der Waals surface area contributed by atoms with Crippen molar-refractivity contribution in [1.82, 2.24) is 10.6 Å². The van der Waals surface area contributed by atoms with Gasteiger partial charge in [-0.05, 0) is 19.8 Å². The van der Waals surface area contributed by atoms with Crippen LogP contribution in [-0.2, 0) is 14.4 Å². The largest absolute Gasteiger partial charge is 0.370 e. The molecule has 0 bridgehead atoms. The maximum absolute atomic E-state index is 11.3. The number of carbonyl (C=O) groups excluding carboxylic acids is 3. The molecular formula is C16H32N6O3S2. The summed E-state index contributed by atoms with van der Waals surface area (Å²) < 4.78 is 7.56. The van der Waals surface area contributed by atoms with Gasteiger partial charge in [-0.1, -0.05) is 28.5 Å². The molecule has 0 aliphatic rings. The topological polar surface area (TPSA) is 166 Å². The van der Waals surface area contributed by atoms with Gasteiger partial charge in [0.1, 0.15) is 12.1 Å². The van der Waals surface area contributed by atoms with Gasteiger partial charge >= 0.3 is 0 Å². The molecule has 3 atom stereocenters. The first kappa shape index (κ1) is 23.7. The summed E-state index contributed by atoms with van der Waals surface area (Å²) in [7, 11) is 3.01. The quantitative estimate of drug-likeness (QED) is 0.0677. The molecule has 0 spiro atoms. The number of primary amides is 1. The molecule has 11 heteroatoms. The number of nitrogens with zero attached hydrogens (tertiary/aromatic N) is 1. The average Bonchev–Trinajstić information content (AvgIpc) is 2.62. The van der Waals surface area contributed by atoms with Gasteiger partial charge in [0.05, 0.1) is 12.6 Å². The molecule has 156 valence electrons. The second-order valence-electron chi connectivity index (χ2n) is 6.04. The van der Waals surface area contributed by atoms with Gasteiger partial charge in [-0.3, -0.25) is 14.6 Å². The van der Waals surface area contributed by atoms with Gasteiger partial charge in [0, 0.05) is 37.9 Å². The number of aldehydes is 1. The summed E-state index contributed by atoms with van der Waals surface area (Å²) in [6.07, 6.45) is 2.46. The highest BCUT2D eigenvalue weighted by atomic mass is 33.1. The van der Waals surface area contributed by atoms with Gasteiger partial charge < -0.3 is 32.6 Å². The van der Waals surface area contributed by atoms with Crippen LogP contribution in [0.2, 0.25) is 0 Å². The molecule has 0 fully saturated rings. The van der Waals surface area contributed by atoms with Crippen LogP contribution in [0.1, 0.15) is 34.5 Å². The standard InChI is InChI=1S/C16H32N6O3S2/c1-11(24)6-12(2)26-27-14(7-20-9-15(17)25)8-22-13(10-23)4-3-5-21-16(18)19/h10,12-14,20,22H,3-9H2,1-2H3,(H2,17,25)(H4,18,19,21)/t12?,13-,14?/m0/s1/i2D. The van der Waals surface area contributed by atoms with Crippen molar-refractivity contribution in [2.75, 3.05) is 26.2 Å². The number of hydrogen-bond donors (Lipinski definition) is 5. The molecule has 0 heterocycles. The Bertz CT molecular complexity index is 509. The Morgan fingerprint density at radius 1 is 1.26 bits per heavy atom. The number of Topliss-reactive ketones (excluding diaryl/α,β-unsaturated/α-hetero) is 1. The van der Waals surface area contributed by atoms with Crippen molar-refractivity contribution in [3.8, 4) is 0 Å². The smallest absolute Gasteiger partial charge is 0.231 e. The fourth-order valence-corrected chi connectivity index (χ4v) is 4.55. The molecule has 0 saturated heterocycles. The van der Waals surface area contributed by atoms with Crippen molar-refractivity contribution >= 4 is 45.5 Å². The fourth-order valence-electron chi connectivity index (χ4n) is 2.03. The molecule has 0 aliphatic carbocycles. The zero-order chi connectivity index (χ0) is 21.4. The maximum Gasteiger partial charge on any atom is 0.231 e. The summed E-state index contributed by atoms with van der Waals surface area (Å²) in [5.41, 5.74) is 15.7. The number of ketones is 1. The first-order valence-electron chi connectivity index (χ1n) is 9.33. The van der Waals surface area contributed by atoms with Crippen molar-refractivity contribution in [1.29, 1.82) is 0 Å². The highest BCUT2D eigenvalue weighted by Gasteiger charge is 2.16. The molecule has 0 rings (SSSR count). The van der Waals surface area contributed by atoms with Crippen LogP contribution >= 0.6 is 21.6 Å². The van der Waals surface area contributed by atoms with Crippen LogP contribution in [0.5, 0.6) is 0 Å². The Kier molecular flexibility index (Phi) is 13.8. The van der Waals surface area contributed by atoms with E-state index in [9.17, 15) is 14.4 Å². The van der Waals surface area contributed by atoms with Gasteiger partial charge in [0.2, 0.25) is 5.91 Å². The SMILES string of the molecule is [2H]CC(CC(C)=O)SSC(CNCC(N)=O)CN[C@H](C=O)CCCN=C(N)N. The number of amides is 1. The molecule has 0 aromatic carbocycles. The fraction of sp³-hybridized carbons (Fsp3) is 0.750. The van der Waals surface area contributed by atoms with Gasteiger partial charge in [0.25, 0.3) is 0 Å². The first-order chi connectivity index (χ1) is 13.3. The first-order valence-corrected chi connectivity index (χ1v) is 10.9. The summed E-state index contributed by atoms with van der Waals surface area (Å²) in [4.78, 5) is 37.4. The summed E-state index contributed by atoms with van der Waals surface area (Å²) in [6.45, 7) is 3.19. The molecule has 0 radical (unpaired) electrons. The molecule has 0 aliphatic heterocycles. The Morgan fingerprint density at radius 2 is 2.00 bits per heavy atom. The lowest BCUT2D eigenvalue weighted by molar-refractivity contribution is -0.117. The lowest BCUT2D eigenvalue weighted by Gasteiger charge is -2.21. The number of guanidine groups is 1. The minimum absolute atomic E-state index is 0.0190. The van der Waals surface area contributed by atoms with E-state index in [0.717, 1.165) is 6.29 Å². The van der Waals surface area contributed by atoms with Crippen LogP contribution in [-0.4, -0.2) is 66.7 Å². The van der Waals surface area contributed by atoms with E-state index in [1.54, 1.807) is 0 Å². The molecule has 0 saturated carbocycles. The van der Waals surface area contributed by atoms with Gasteiger partial charge in [0.15, 0.2) is 5.96 Å². The van der Waals surface area contributed by atoms with Crippen molar-refractivity contribution in [2.24, 2.45) is 22.2 Å². The summed E-state index contributed by atoms with van der Waals surface area (Å²) in [5.74, 6) is -0.372. The second-order valence-corrected chi connectivity index (χ2v) is 8.91. The summed E-state index contributed by atoms with van der Waals surface area (Å²) in [5, 5.41) is 6.10. The van der Waals surface area contributed by atoms with E-state index in [2.05, 4.69) is 15.6 Å². The molecule has 0 aromatic heterocycles. The van der Waals surface area contributed by atoms with Crippen LogP contribution in [0.25, 0.3) is 0 Å². The zero-order valence-electron chi connectivity index (χ0n) is 16.7. The normalized spacial score (nSPS) is 14.6. The maximum atomic E-state index is 11.3. The third-order valence-electron chi connectivity index (χ3n) is 3.25. The van der Waals surface area contributed by atoms with E-state index in [4.69, 9.17) is 18.6 Å². The van der Waals surface area contributed by atoms with Gasteiger partial charge in [-0.25, -0.2) is 0 Å². The Labute approximate surface area is 170 Å². The highest BCUT2D eigenvalue weighted by Crippen LogP contribution is 2.32. The molecular weight excluding hydrogens is 388 g/mol. The monoisotopic (exact) mass is 421 g/mol. The minimum Gasteiger partial charge on any atom is -0.370 e. The molecule has 27 heavy (non-hydrogen) atoms. The van der Waals surface area contributed by atoms with Gasteiger partial charge in [-0.2, -0.15) is 0 Å². The van der Waals surface area contributed by atoms with Crippen molar-refractivity contribution in [2.45, 2.75) is 49.6 Å². The van der Waals surface area contributed by atoms with E-state index in [1.165, 1.54) is 28.5 Å². The van der Waals surface area contributed by atoms with Crippen molar-refractivity contribution in [3.63, 3.8) is 0 Å². The van der Waals surface area contributed by atoms with Crippen molar-refractivity contribution < 1.29 is 15.8 Å². The minimum atomic E-state index is -0.449. The highest BCUT2D eigenvalue weighted by molar-refractivity contribution is 8.77. The molecule has 9 nitrogen and oxygen atoms in total. The number of hydrogen-bond acceptors (Lipinski definition) is 8. The van der Waals surface area contributed by atoms with Crippen molar-refractivity contribution in [3.05, 3.63) is 0 Å². The lowest BCUT2D eigenvalue weighted by atomic mass is 10.1. The zero-order valence-corrected chi connectivity index (χ0v) is 17.3. The van der Waals surface area contributed by atoms with Crippen LogP contribution < -0.4 is 27.8 Å². The van der Waals surface area contributed by atoms with E-state index < -0.39 is 5.91 Å². The number of nitrogens with one attached hydrogen (secondary N) is 2. The van der Waals surface area contributed by atoms with E-state index in [0.29, 0.717) is 38.9 Å². The van der Waals surface area contributed by atoms with Crippen LogP contribution in [0.4, 0.5) is 0 Å². The van der Waals surface area contributed by atoms with E-state index in [1.807, 2.05) is 0 Å². The van der Waals surface area contributed by atoms with Crippen LogP contribution in [0, 0.1) is 0 Å². The Morgan fingerprint density at radius 3 is 2.56 bits per heavy atom. The third-order valence-corrected chi connectivity index (χ3v) is 6.38. The Balaban J connectivity index is 4.54. The number of carbonyl (C=O) groups is 3. The molecule has 0 aromatic rings.